The van der Waals surface area contributed by atoms with Crippen molar-refractivity contribution in [1.82, 2.24) is 5.32 Å². The second-order valence-electron chi connectivity index (χ2n) is 5.45. The predicted octanol–water partition coefficient (Wildman–Crippen LogP) is 3.96. The van der Waals surface area contributed by atoms with Crippen molar-refractivity contribution in [2.45, 2.75) is 24.7 Å². The molecule has 4 nitrogen and oxygen atoms in total. The SMILES string of the molecule is CCC(=O)c1ccc(OCC(=O)NCCCSc2ccccc2)cc1. The second-order valence-corrected chi connectivity index (χ2v) is 6.62. The van der Waals surface area contributed by atoms with E-state index >= 15 is 0 Å². The number of hydrogen-bond donors (Lipinski definition) is 1. The van der Waals surface area contributed by atoms with Crippen LogP contribution in [-0.4, -0.2) is 30.6 Å². The number of amides is 1. The Balaban J connectivity index is 1.60. The molecule has 0 aliphatic heterocycles. The Morgan fingerprint density at radius 2 is 1.76 bits per heavy atom. The van der Waals surface area contributed by atoms with Gasteiger partial charge in [0.05, 0.1) is 0 Å². The first-order valence-electron chi connectivity index (χ1n) is 8.39. The van der Waals surface area contributed by atoms with E-state index in [-0.39, 0.29) is 18.3 Å². The number of thioether (sulfide) groups is 1. The molecule has 0 saturated carbocycles. The normalized spacial score (nSPS) is 10.3. The molecule has 0 fully saturated rings. The summed E-state index contributed by atoms with van der Waals surface area (Å²) in [7, 11) is 0. The second kappa shape index (κ2) is 10.6. The first-order valence-corrected chi connectivity index (χ1v) is 9.38. The quantitative estimate of drug-likeness (QED) is 0.397. The van der Waals surface area contributed by atoms with E-state index in [1.165, 1.54) is 4.90 Å². The molecular formula is C20H23NO3S. The van der Waals surface area contributed by atoms with Crippen LogP contribution in [0.25, 0.3) is 0 Å². The van der Waals surface area contributed by atoms with Crippen molar-refractivity contribution in [2.24, 2.45) is 0 Å². The third-order valence-corrected chi connectivity index (χ3v) is 4.62. The Labute approximate surface area is 153 Å². The number of ketones is 1. The lowest BCUT2D eigenvalue weighted by atomic mass is 10.1. The molecule has 1 amide bonds. The molecule has 0 radical (unpaired) electrons. The minimum absolute atomic E-state index is 0.0209. The van der Waals surface area contributed by atoms with Crippen molar-refractivity contribution in [3.63, 3.8) is 0 Å². The number of carbonyl (C=O) groups excluding carboxylic acids is 2. The molecule has 0 bridgehead atoms. The van der Waals surface area contributed by atoms with Crippen molar-refractivity contribution >= 4 is 23.5 Å². The number of hydrogen-bond acceptors (Lipinski definition) is 4. The fourth-order valence-electron chi connectivity index (χ4n) is 2.15. The standard InChI is InChI=1S/C20H23NO3S/c1-2-19(22)16-9-11-17(12-10-16)24-15-20(23)21-13-6-14-25-18-7-4-3-5-8-18/h3-5,7-12H,2,6,13-15H2,1H3,(H,21,23). The van der Waals surface area contributed by atoms with Crippen molar-refractivity contribution < 1.29 is 14.3 Å². The molecule has 2 aromatic carbocycles. The number of benzene rings is 2. The van der Waals surface area contributed by atoms with E-state index in [2.05, 4.69) is 17.4 Å². The highest BCUT2D eigenvalue weighted by molar-refractivity contribution is 7.99. The highest BCUT2D eigenvalue weighted by Gasteiger charge is 2.05. The van der Waals surface area contributed by atoms with Gasteiger partial charge in [0.25, 0.3) is 5.91 Å². The Morgan fingerprint density at radius 3 is 2.44 bits per heavy atom. The van der Waals surface area contributed by atoms with Crippen LogP contribution in [0.2, 0.25) is 0 Å². The molecule has 0 unspecified atom stereocenters. The maximum Gasteiger partial charge on any atom is 0.257 e. The summed E-state index contributed by atoms with van der Waals surface area (Å²) in [5.74, 6) is 1.50. The topological polar surface area (TPSA) is 55.4 Å². The highest BCUT2D eigenvalue weighted by atomic mass is 32.2. The van der Waals surface area contributed by atoms with Crippen LogP contribution in [0.15, 0.2) is 59.5 Å². The molecule has 2 rings (SSSR count). The molecule has 0 atom stereocenters. The van der Waals surface area contributed by atoms with Crippen LogP contribution in [0.1, 0.15) is 30.1 Å². The van der Waals surface area contributed by atoms with Crippen LogP contribution in [0.3, 0.4) is 0 Å². The fraction of sp³-hybridized carbons (Fsp3) is 0.300. The molecule has 5 heteroatoms. The Hall–Kier alpha value is -2.27. The van der Waals surface area contributed by atoms with Gasteiger partial charge >= 0.3 is 0 Å². The molecule has 0 saturated heterocycles. The summed E-state index contributed by atoms with van der Waals surface area (Å²) < 4.78 is 5.43. The monoisotopic (exact) mass is 357 g/mol. The lowest BCUT2D eigenvalue weighted by Crippen LogP contribution is -2.29. The predicted molar refractivity (Wildman–Crippen MR) is 101 cm³/mol. The average Bonchev–Trinajstić information content (AvgIpc) is 2.66. The van der Waals surface area contributed by atoms with Gasteiger partial charge in [-0.3, -0.25) is 9.59 Å². The van der Waals surface area contributed by atoms with Crippen molar-refractivity contribution in [1.29, 1.82) is 0 Å². The Morgan fingerprint density at radius 1 is 1.04 bits per heavy atom. The first-order chi connectivity index (χ1) is 12.2. The fourth-order valence-corrected chi connectivity index (χ4v) is 3.02. The van der Waals surface area contributed by atoms with Gasteiger partial charge in [-0.25, -0.2) is 0 Å². The summed E-state index contributed by atoms with van der Waals surface area (Å²) >= 11 is 1.78. The van der Waals surface area contributed by atoms with E-state index in [4.69, 9.17) is 4.74 Å². The zero-order valence-corrected chi connectivity index (χ0v) is 15.2. The number of nitrogens with one attached hydrogen (secondary N) is 1. The molecule has 2 aromatic rings. The summed E-state index contributed by atoms with van der Waals surface area (Å²) in [6.07, 6.45) is 1.38. The maximum atomic E-state index is 11.8. The number of rotatable bonds is 10. The smallest absolute Gasteiger partial charge is 0.257 e. The summed E-state index contributed by atoms with van der Waals surface area (Å²) in [5, 5.41) is 2.85. The van der Waals surface area contributed by atoms with Gasteiger partial charge in [0.1, 0.15) is 5.75 Å². The maximum absolute atomic E-state index is 11.8. The zero-order valence-electron chi connectivity index (χ0n) is 14.4. The van der Waals surface area contributed by atoms with Crippen LogP contribution in [0.4, 0.5) is 0 Å². The van der Waals surface area contributed by atoms with Gasteiger partial charge in [-0.05, 0) is 48.6 Å². The van der Waals surface area contributed by atoms with Crippen LogP contribution >= 0.6 is 11.8 Å². The van der Waals surface area contributed by atoms with Crippen molar-refractivity contribution in [3.05, 3.63) is 60.2 Å². The minimum Gasteiger partial charge on any atom is -0.484 e. The molecule has 0 aliphatic carbocycles. The summed E-state index contributed by atoms with van der Waals surface area (Å²) in [6, 6.07) is 17.1. The summed E-state index contributed by atoms with van der Waals surface area (Å²) in [5.41, 5.74) is 0.662. The van der Waals surface area contributed by atoms with E-state index in [1.807, 2.05) is 25.1 Å². The zero-order chi connectivity index (χ0) is 17.9. The first kappa shape index (κ1) is 19.1. The third kappa shape index (κ3) is 7.01. The number of ether oxygens (including phenoxy) is 1. The summed E-state index contributed by atoms with van der Waals surface area (Å²) in [6.45, 7) is 2.44. The van der Waals surface area contributed by atoms with Gasteiger partial charge in [0.15, 0.2) is 12.4 Å². The minimum atomic E-state index is -0.140. The van der Waals surface area contributed by atoms with Gasteiger partial charge in [-0.2, -0.15) is 0 Å². The van der Waals surface area contributed by atoms with E-state index in [1.54, 1.807) is 36.0 Å². The van der Waals surface area contributed by atoms with Gasteiger partial charge in [0.2, 0.25) is 0 Å². The van der Waals surface area contributed by atoms with Gasteiger partial charge < -0.3 is 10.1 Å². The molecule has 132 valence electrons. The van der Waals surface area contributed by atoms with Crippen molar-refractivity contribution in [3.8, 4) is 5.75 Å². The number of carbonyl (C=O) groups is 2. The molecule has 0 spiro atoms. The van der Waals surface area contributed by atoms with Crippen molar-refractivity contribution in [2.75, 3.05) is 18.9 Å². The Kier molecular flexibility index (Phi) is 8.05. The van der Waals surface area contributed by atoms with Gasteiger partial charge in [-0.15, -0.1) is 11.8 Å². The van der Waals surface area contributed by atoms with Gasteiger partial charge in [0, 0.05) is 23.4 Å². The van der Waals surface area contributed by atoms with E-state index in [0.29, 0.717) is 24.3 Å². The van der Waals surface area contributed by atoms with E-state index < -0.39 is 0 Å². The summed E-state index contributed by atoms with van der Waals surface area (Å²) in [4.78, 5) is 24.6. The van der Waals surface area contributed by atoms with Crippen LogP contribution in [-0.2, 0) is 4.79 Å². The lowest BCUT2D eigenvalue weighted by molar-refractivity contribution is -0.123. The largest absolute Gasteiger partial charge is 0.484 e. The Bertz CT molecular complexity index is 671. The highest BCUT2D eigenvalue weighted by Crippen LogP contribution is 2.17. The molecular weight excluding hydrogens is 334 g/mol. The average molecular weight is 357 g/mol. The molecule has 0 aliphatic rings. The molecule has 1 N–H and O–H groups in total. The number of Topliss-reactive ketones (excluding diaryl/α,β-unsaturated/α-hetero) is 1. The molecule has 25 heavy (non-hydrogen) atoms. The lowest BCUT2D eigenvalue weighted by Gasteiger charge is -2.08. The van der Waals surface area contributed by atoms with Crippen LogP contribution in [0.5, 0.6) is 5.75 Å². The van der Waals surface area contributed by atoms with Crippen LogP contribution in [0, 0.1) is 0 Å². The van der Waals surface area contributed by atoms with Crippen LogP contribution < -0.4 is 10.1 Å². The van der Waals surface area contributed by atoms with E-state index in [9.17, 15) is 9.59 Å². The third-order valence-electron chi connectivity index (χ3n) is 3.52. The molecule has 0 heterocycles. The van der Waals surface area contributed by atoms with E-state index in [0.717, 1.165) is 12.2 Å². The van der Waals surface area contributed by atoms with Gasteiger partial charge in [-0.1, -0.05) is 25.1 Å². The molecule has 0 aromatic heterocycles.